The molecule has 0 aliphatic carbocycles. The predicted octanol–water partition coefficient (Wildman–Crippen LogP) is 3.87. The Bertz CT molecular complexity index is 1770. The molecule has 2 aromatic carbocycles. The number of hydrogen-bond donors (Lipinski definition) is 2. The van der Waals surface area contributed by atoms with Gasteiger partial charge in [0.25, 0.3) is 5.91 Å². The second-order valence-corrected chi connectivity index (χ2v) is 12.0. The van der Waals surface area contributed by atoms with Gasteiger partial charge < -0.3 is 33.8 Å². The highest BCUT2D eigenvalue weighted by Gasteiger charge is 2.32. The maximum Gasteiger partial charge on any atom is 0.419 e. The van der Waals surface area contributed by atoms with Gasteiger partial charge in [-0.3, -0.25) is 9.36 Å². The van der Waals surface area contributed by atoms with Crippen LogP contribution < -0.4 is 11.1 Å². The number of H-pyrrole nitrogens is 1. The van der Waals surface area contributed by atoms with E-state index >= 15 is 0 Å². The van der Waals surface area contributed by atoms with E-state index in [1.165, 1.54) is 9.47 Å². The molecule has 12 heteroatoms. The fraction of sp³-hybridized carbons (Fsp3) is 0.438. The molecule has 44 heavy (non-hydrogen) atoms. The molecule has 2 amide bonds. The minimum absolute atomic E-state index is 0.0107. The molecule has 1 aliphatic rings. The summed E-state index contributed by atoms with van der Waals surface area (Å²) < 4.78 is 23.5. The van der Waals surface area contributed by atoms with Gasteiger partial charge in [0, 0.05) is 38.3 Å². The summed E-state index contributed by atoms with van der Waals surface area (Å²) in [5, 5.41) is 13.6. The van der Waals surface area contributed by atoms with Crippen LogP contribution in [0.25, 0.3) is 33.1 Å². The summed E-state index contributed by atoms with van der Waals surface area (Å²) in [4.78, 5) is 42.8. The number of nitriles is 1. The van der Waals surface area contributed by atoms with Gasteiger partial charge in [-0.1, -0.05) is 18.2 Å². The number of hydrogen-bond acceptors (Lipinski definition) is 8. The van der Waals surface area contributed by atoms with Gasteiger partial charge in [0.2, 0.25) is 0 Å². The van der Waals surface area contributed by atoms with Crippen LogP contribution in [0.4, 0.5) is 4.79 Å². The van der Waals surface area contributed by atoms with Gasteiger partial charge in [0.15, 0.2) is 11.7 Å². The number of nitrogens with one attached hydrogen (secondary N) is 2. The van der Waals surface area contributed by atoms with E-state index in [0.717, 1.165) is 27.7 Å². The van der Waals surface area contributed by atoms with Crippen molar-refractivity contribution in [2.24, 2.45) is 7.05 Å². The number of ether oxygens (including phenoxy) is 3. The number of methoxy groups -OCH3 is 1. The molecule has 1 fully saturated rings. The Morgan fingerprint density at radius 1 is 1.18 bits per heavy atom. The van der Waals surface area contributed by atoms with Crippen LogP contribution in [0.3, 0.4) is 0 Å². The number of benzene rings is 2. The first-order valence-electron chi connectivity index (χ1n) is 14.5. The van der Waals surface area contributed by atoms with Gasteiger partial charge >= 0.3 is 11.8 Å². The second-order valence-electron chi connectivity index (χ2n) is 12.0. The van der Waals surface area contributed by atoms with E-state index in [0.29, 0.717) is 24.1 Å². The zero-order valence-corrected chi connectivity index (χ0v) is 25.5. The van der Waals surface area contributed by atoms with Crippen molar-refractivity contribution in [1.29, 1.82) is 5.26 Å². The van der Waals surface area contributed by atoms with Crippen molar-refractivity contribution in [3.05, 3.63) is 58.7 Å². The summed E-state index contributed by atoms with van der Waals surface area (Å²) in [5.74, 6) is -0.911. The fourth-order valence-corrected chi connectivity index (χ4v) is 5.18. The monoisotopic (exact) mass is 603 g/mol. The third kappa shape index (κ3) is 6.96. The third-order valence-corrected chi connectivity index (χ3v) is 7.57. The van der Waals surface area contributed by atoms with Gasteiger partial charge in [-0.15, -0.1) is 0 Å². The zero-order chi connectivity index (χ0) is 31.6. The van der Waals surface area contributed by atoms with E-state index in [1.807, 2.05) is 36.4 Å². The third-order valence-electron chi connectivity index (χ3n) is 7.57. The Hall–Kier alpha value is -4.60. The maximum absolute atomic E-state index is 13.3. The van der Waals surface area contributed by atoms with E-state index in [1.54, 1.807) is 41.0 Å². The summed E-state index contributed by atoms with van der Waals surface area (Å²) >= 11 is 0. The topological polar surface area (TPSA) is 152 Å². The number of fused-ring (bicyclic) bond motifs is 2. The summed E-state index contributed by atoms with van der Waals surface area (Å²) in [5.41, 5.74) is 4.02. The number of amides is 2. The number of nitrogens with zero attached hydrogens (tertiary/aromatic N) is 3. The molecule has 5 rings (SSSR count). The molecule has 1 saturated heterocycles. The van der Waals surface area contributed by atoms with Gasteiger partial charge in [-0.25, -0.2) is 9.59 Å². The number of rotatable bonds is 6. The van der Waals surface area contributed by atoms with Crippen LogP contribution in [0.2, 0.25) is 0 Å². The lowest BCUT2D eigenvalue weighted by Crippen LogP contribution is -2.52. The van der Waals surface area contributed by atoms with E-state index < -0.39 is 35.5 Å². The van der Waals surface area contributed by atoms with E-state index in [-0.39, 0.29) is 25.7 Å². The van der Waals surface area contributed by atoms with E-state index in [9.17, 15) is 19.6 Å². The summed E-state index contributed by atoms with van der Waals surface area (Å²) in [6, 6.07) is 14.8. The largest absolute Gasteiger partial charge is 0.444 e. The molecular formula is C32H37N5O7. The van der Waals surface area contributed by atoms with Gasteiger partial charge in [-0.05, 0) is 68.0 Å². The average molecular weight is 604 g/mol. The molecule has 0 radical (unpaired) electrons. The lowest BCUT2D eigenvalue weighted by Gasteiger charge is -2.33. The second kappa shape index (κ2) is 12.6. The molecule has 0 spiro atoms. The molecule has 232 valence electrons. The Morgan fingerprint density at radius 2 is 1.93 bits per heavy atom. The Labute approximate surface area is 254 Å². The van der Waals surface area contributed by atoms with Crippen LogP contribution in [0, 0.1) is 11.3 Å². The standard InChI is InChI=1S/C32H37N5O7/c1-32(2,3)44-31(40)37-11-10-24(41-5)18-42-28(17-37)29(38)35-23(16-33)15-22-12-21-7-6-19(13-25(21)34-22)20-8-9-27-26(14-20)36(4)30(39)43-27/h6-9,12-14,23-24,28,34H,10-11,15,17-18H2,1-5H3,(H,35,38)/t23?,24-,28+/m1/s1. The van der Waals surface area contributed by atoms with Crippen molar-refractivity contribution in [1.82, 2.24) is 19.8 Å². The number of aromatic amines is 1. The SMILES string of the molecule is CO[C@@H]1CCN(C(=O)OC(C)(C)C)C[C@@H](C(=O)NC(C#N)Cc2cc3ccc(-c4ccc5oc(=O)n(C)c5c4)cc3[nH]2)OC1. The number of aromatic nitrogens is 2. The molecule has 1 unspecified atom stereocenters. The highest BCUT2D eigenvalue weighted by Crippen LogP contribution is 2.28. The molecule has 2 N–H and O–H groups in total. The summed E-state index contributed by atoms with van der Waals surface area (Å²) in [6.45, 7) is 5.85. The molecular weight excluding hydrogens is 566 g/mol. The number of carbonyl (C=O) groups is 2. The van der Waals surface area contributed by atoms with Crippen molar-refractivity contribution in [3.63, 3.8) is 0 Å². The Kier molecular flexibility index (Phi) is 8.80. The van der Waals surface area contributed by atoms with Gasteiger partial charge in [-0.2, -0.15) is 5.26 Å². The van der Waals surface area contributed by atoms with Crippen molar-refractivity contribution in [2.75, 3.05) is 26.8 Å². The van der Waals surface area contributed by atoms with Crippen molar-refractivity contribution in [3.8, 4) is 17.2 Å². The van der Waals surface area contributed by atoms with Crippen molar-refractivity contribution >= 4 is 34.0 Å². The smallest absolute Gasteiger partial charge is 0.419 e. The quantitative estimate of drug-likeness (QED) is 0.337. The molecule has 0 bridgehead atoms. The Balaban J connectivity index is 1.29. The summed E-state index contributed by atoms with van der Waals surface area (Å²) in [7, 11) is 3.22. The van der Waals surface area contributed by atoms with Crippen LogP contribution in [0.5, 0.6) is 0 Å². The normalized spacial score (nSPS) is 18.4. The van der Waals surface area contributed by atoms with E-state index in [4.69, 9.17) is 18.6 Å². The first kappa shape index (κ1) is 30.8. The molecule has 1 aliphatic heterocycles. The van der Waals surface area contributed by atoms with Crippen LogP contribution >= 0.6 is 0 Å². The first-order chi connectivity index (χ1) is 20.9. The number of aryl methyl sites for hydroxylation is 1. The number of carbonyl (C=O) groups excluding carboxylic acids is 2. The molecule has 3 atom stereocenters. The van der Waals surface area contributed by atoms with Gasteiger partial charge in [0.05, 0.1) is 30.8 Å². The average Bonchev–Trinajstić information content (AvgIpc) is 3.49. The Morgan fingerprint density at radius 3 is 2.66 bits per heavy atom. The maximum atomic E-state index is 13.3. The van der Waals surface area contributed by atoms with Gasteiger partial charge in [0.1, 0.15) is 11.6 Å². The molecule has 2 aromatic heterocycles. The van der Waals surface area contributed by atoms with E-state index in [2.05, 4.69) is 16.4 Å². The van der Waals surface area contributed by atoms with Crippen molar-refractivity contribution < 1.29 is 28.2 Å². The van der Waals surface area contributed by atoms with Crippen LogP contribution in [-0.2, 0) is 32.5 Å². The number of oxazole rings is 1. The minimum Gasteiger partial charge on any atom is -0.444 e. The van der Waals surface area contributed by atoms with Crippen LogP contribution in [0.1, 0.15) is 32.9 Å². The molecule has 4 aromatic rings. The molecule has 0 saturated carbocycles. The first-order valence-corrected chi connectivity index (χ1v) is 14.5. The van der Waals surface area contributed by atoms with Crippen LogP contribution in [-0.4, -0.2) is 77.1 Å². The van der Waals surface area contributed by atoms with Crippen LogP contribution in [0.15, 0.2) is 51.7 Å². The lowest BCUT2D eigenvalue weighted by atomic mass is 10.0. The lowest BCUT2D eigenvalue weighted by molar-refractivity contribution is -0.139. The molecule has 3 heterocycles. The zero-order valence-electron chi connectivity index (χ0n) is 25.5. The van der Waals surface area contributed by atoms with Crippen molar-refractivity contribution in [2.45, 2.75) is 57.5 Å². The highest BCUT2D eigenvalue weighted by atomic mass is 16.6. The predicted molar refractivity (Wildman–Crippen MR) is 163 cm³/mol. The highest BCUT2D eigenvalue weighted by molar-refractivity contribution is 5.88. The molecule has 12 nitrogen and oxygen atoms in total. The fourth-order valence-electron chi connectivity index (χ4n) is 5.18. The summed E-state index contributed by atoms with van der Waals surface area (Å²) in [6.07, 6.45) is -1.08. The minimum atomic E-state index is -1.01.